The lowest BCUT2D eigenvalue weighted by Crippen LogP contribution is -2.55. The predicted molar refractivity (Wildman–Crippen MR) is 84.8 cm³/mol. The molecule has 1 aromatic rings. The first-order valence-corrected chi connectivity index (χ1v) is 9.85. The van der Waals surface area contributed by atoms with Crippen LogP contribution < -0.4 is 10.6 Å². The van der Waals surface area contributed by atoms with Gasteiger partial charge in [-0.15, -0.1) is 0 Å². The van der Waals surface area contributed by atoms with E-state index in [0.717, 1.165) is 25.7 Å². The number of sulfone groups is 1. The maximum Gasteiger partial charge on any atom is 0.273 e. The fourth-order valence-corrected chi connectivity index (χ4v) is 4.55. The zero-order valence-corrected chi connectivity index (χ0v) is 14.0. The summed E-state index contributed by atoms with van der Waals surface area (Å²) in [5, 5.41) is 14.3. The Morgan fingerprint density at radius 2 is 2.04 bits per heavy atom. The van der Waals surface area contributed by atoms with Gasteiger partial charge in [0.2, 0.25) is 5.91 Å². The van der Waals surface area contributed by atoms with Gasteiger partial charge in [0.1, 0.15) is 5.25 Å². The summed E-state index contributed by atoms with van der Waals surface area (Å²) in [7, 11) is -3.28. The fourth-order valence-electron chi connectivity index (χ4n) is 3.30. The fraction of sp³-hybridized carbons (Fsp3) is 0.714. The highest BCUT2D eigenvalue weighted by Gasteiger charge is 2.42. The van der Waals surface area contributed by atoms with Crippen LogP contribution in [0.3, 0.4) is 0 Å². The van der Waals surface area contributed by atoms with Crippen LogP contribution in [-0.2, 0) is 14.6 Å². The number of nitrogens with zero attached hydrogens (tertiary/aromatic N) is 2. The lowest BCUT2D eigenvalue weighted by Gasteiger charge is -2.30. The Hall–Kier alpha value is -1.97. The van der Waals surface area contributed by atoms with E-state index in [0.29, 0.717) is 6.42 Å². The topological polar surface area (TPSA) is 134 Å². The summed E-state index contributed by atoms with van der Waals surface area (Å²) in [4.78, 5) is 24.2. The molecule has 0 radical (unpaired) electrons. The van der Waals surface area contributed by atoms with Crippen molar-refractivity contribution in [3.8, 4) is 0 Å². The van der Waals surface area contributed by atoms with Crippen LogP contribution in [0.5, 0.6) is 0 Å². The first-order valence-electron chi connectivity index (χ1n) is 8.13. The molecule has 2 amide bonds. The molecule has 3 rings (SSSR count). The zero-order valence-electron chi connectivity index (χ0n) is 13.2. The second-order valence-corrected chi connectivity index (χ2v) is 8.67. The van der Waals surface area contributed by atoms with Crippen LogP contribution in [0.15, 0.2) is 6.20 Å². The monoisotopic (exact) mass is 355 g/mol. The van der Waals surface area contributed by atoms with Crippen LogP contribution in [0.25, 0.3) is 0 Å². The molecule has 2 aliphatic rings. The van der Waals surface area contributed by atoms with E-state index in [1.54, 1.807) is 0 Å². The number of nitrogens with one attached hydrogen (secondary N) is 3. The summed E-state index contributed by atoms with van der Waals surface area (Å²) in [5.74, 6) is -0.511. The van der Waals surface area contributed by atoms with E-state index in [-0.39, 0.29) is 35.9 Å². The van der Waals surface area contributed by atoms with Gasteiger partial charge < -0.3 is 10.6 Å². The first-order chi connectivity index (χ1) is 11.5. The van der Waals surface area contributed by atoms with Gasteiger partial charge in [-0.05, 0) is 25.2 Å². The molecule has 24 heavy (non-hydrogen) atoms. The molecular formula is C14H21N5O4S. The highest BCUT2D eigenvalue weighted by molar-refractivity contribution is 7.94. The Balaban J connectivity index is 1.61. The Kier molecular flexibility index (Phi) is 4.83. The third-order valence-corrected chi connectivity index (χ3v) is 6.94. The molecule has 2 fully saturated rings. The molecule has 2 heterocycles. The van der Waals surface area contributed by atoms with Gasteiger partial charge >= 0.3 is 0 Å². The molecule has 1 saturated heterocycles. The lowest BCUT2D eigenvalue weighted by molar-refractivity contribution is -0.122. The Labute approximate surface area is 139 Å². The first kappa shape index (κ1) is 16.9. The molecule has 0 aromatic carbocycles. The van der Waals surface area contributed by atoms with Crippen molar-refractivity contribution >= 4 is 21.7 Å². The number of H-pyrrole nitrogens is 1. The maximum atomic E-state index is 12.3. The molecule has 2 unspecified atom stereocenters. The summed E-state index contributed by atoms with van der Waals surface area (Å²) in [6.45, 7) is 0.245. The lowest BCUT2D eigenvalue weighted by atomic mass is 9.97. The number of carbonyl (C=O) groups is 2. The van der Waals surface area contributed by atoms with Gasteiger partial charge in [0, 0.05) is 12.6 Å². The smallest absolute Gasteiger partial charge is 0.273 e. The molecular weight excluding hydrogens is 334 g/mol. The second-order valence-electron chi connectivity index (χ2n) is 6.37. The van der Waals surface area contributed by atoms with Crippen LogP contribution in [0, 0.1) is 5.92 Å². The summed E-state index contributed by atoms with van der Waals surface area (Å²) in [6, 6.07) is -0.272. The van der Waals surface area contributed by atoms with Crippen molar-refractivity contribution < 1.29 is 18.0 Å². The highest BCUT2D eigenvalue weighted by atomic mass is 32.2. The molecule has 1 saturated carbocycles. The average Bonchev–Trinajstić information content (AvgIpc) is 3.22. The zero-order chi connectivity index (χ0) is 17.2. The molecule has 132 valence electrons. The minimum Gasteiger partial charge on any atom is -0.350 e. The normalized spacial score (nSPS) is 24.1. The third-order valence-electron chi connectivity index (χ3n) is 4.82. The van der Waals surface area contributed by atoms with Crippen LogP contribution in [0.1, 0.15) is 42.6 Å². The molecule has 1 aliphatic heterocycles. The van der Waals surface area contributed by atoms with Gasteiger partial charge in [0.25, 0.3) is 5.91 Å². The molecule has 0 spiro atoms. The van der Waals surface area contributed by atoms with Crippen molar-refractivity contribution in [2.24, 2.45) is 5.92 Å². The number of aromatic nitrogens is 3. The largest absolute Gasteiger partial charge is 0.350 e. The SMILES string of the molecule is O=C(NCC(NC(=O)C1CCS1(=O)=O)C1CCCC1)c1cn[nH]n1. The Morgan fingerprint density at radius 1 is 1.29 bits per heavy atom. The van der Waals surface area contributed by atoms with Crippen molar-refractivity contribution in [2.75, 3.05) is 12.3 Å². The van der Waals surface area contributed by atoms with Crippen molar-refractivity contribution in [3.63, 3.8) is 0 Å². The molecule has 3 N–H and O–H groups in total. The number of aromatic amines is 1. The molecule has 9 nitrogen and oxygen atoms in total. The standard InChI is InChI=1S/C14H21N5O4S/c20-13(11-8-16-19-18-11)15-7-10(9-3-1-2-4-9)17-14(21)12-5-6-24(12,22)23/h8-10,12H,1-7H2,(H,15,20)(H,17,21)(H,16,18,19). The molecule has 0 bridgehead atoms. The van der Waals surface area contributed by atoms with Gasteiger partial charge in [0.15, 0.2) is 15.5 Å². The van der Waals surface area contributed by atoms with Gasteiger partial charge in [-0.3, -0.25) is 9.59 Å². The Morgan fingerprint density at radius 3 is 2.58 bits per heavy atom. The van der Waals surface area contributed by atoms with Gasteiger partial charge in [-0.1, -0.05) is 12.8 Å². The number of hydrogen-bond acceptors (Lipinski definition) is 6. The quantitative estimate of drug-likeness (QED) is 0.624. The van der Waals surface area contributed by atoms with E-state index in [4.69, 9.17) is 0 Å². The summed E-state index contributed by atoms with van der Waals surface area (Å²) < 4.78 is 23.3. The van der Waals surface area contributed by atoms with Crippen LogP contribution in [-0.4, -0.2) is 59.2 Å². The molecule has 1 aliphatic carbocycles. The van der Waals surface area contributed by atoms with Crippen LogP contribution in [0.2, 0.25) is 0 Å². The van der Waals surface area contributed by atoms with Crippen molar-refractivity contribution in [2.45, 2.75) is 43.4 Å². The predicted octanol–water partition coefficient (Wildman–Crippen LogP) is -0.603. The summed E-state index contributed by atoms with van der Waals surface area (Å²) in [5.41, 5.74) is 0.174. The van der Waals surface area contributed by atoms with Crippen LogP contribution in [0.4, 0.5) is 0 Å². The van der Waals surface area contributed by atoms with E-state index >= 15 is 0 Å². The van der Waals surface area contributed by atoms with E-state index in [9.17, 15) is 18.0 Å². The van der Waals surface area contributed by atoms with Crippen molar-refractivity contribution in [1.82, 2.24) is 26.0 Å². The van der Waals surface area contributed by atoms with Crippen LogP contribution >= 0.6 is 0 Å². The second kappa shape index (κ2) is 6.88. The van der Waals surface area contributed by atoms with Crippen molar-refractivity contribution in [1.29, 1.82) is 0 Å². The average molecular weight is 355 g/mol. The van der Waals surface area contributed by atoms with E-state index in [2.05, 4.69) is 26.0 Å². The van der Waals surface area contributed by atoms with Gasteiger partial charge in [0.05, 0.1) is 11.9 Å². The number of carbonyl (C=O) groups excluding carboxylic acids is 2. The maximum absolute atomic E-state index is 12.3. The molecule has 10 heteroatoms. The Bertz CT molecular complexity index is 697. The number of rotatable bonds is 6. The summed E-state index contributed by atoms with van der Waals surface area (Å²) in [6.07, 6.45) is 5.77. The number of hydrogen-bond donors (Lipinski definition) is 3. The minimum atomic E-state index is -3.28. The molecule has 1 aromatic heterocycles. The minimum absolute atomic E-state index is 0.0715. The summed E-state index contributed by atoms with van der Waals surface area (Å²) >= 11 is 0. The van der Waals surface area contributed by atoms with E-state index in [1.165, 1.54) is 6.20 Å². The number of amides is 2. The van der Waals surface area contributed by atoms with E-state index in [1.807, 2.05) is 0 Å². The molecule has 2 atom stereocenters. The van der Waals surface area contributed by atoms with Crippen molar-refractivity contribution in [3.05, 3.63) is 11.9 Å². The van der Waals surface area contributed by atoms with Gasteiger partial charge in [-0.25, -0.2) is 8.42 Å². The third kappa shape index (κ3) is 3.58. The van der Waals surface area contributed by atoms with E-state index < -0.39 is 21.0 Å². The highest BCUT2D eigenvalue weighted by Crippen LogP contribution is 2.28. The van der Waals surface area contributed by atoms with Gasteiger partial charge in [-0.2, -0.15) is 15.4 Å².